The van der Waals surface area contributed by atoms with E-state index in [-0.39, 0.29) is 17.9 Å². The molecule has 0 bridgehead atoms. The highest BCUT2D eigenvalue weighted by atomic mass is 16.2. The van der Waals surface area contributed by atoms with Gasteiger partial charge in [0.2, 0.25) is 0 Å². The fraction of sp³-hybridized carbons (Fsp3) is 0.300. The molecule has 0 radical (unpaired) electrons. The average molecular weight is 339 g/mol. The summed E-state index contributed by atoms with van der Waals surface area (Å²) in [7, 11) is 0. The van der Waals surface area contributed by atoms with Gasteiger partial charge in [0.05, 0.1) is 0 Å². The number of hydrogen-bond acceptors (Lipinski definition) is 3. The van der Waals surface area contributed by atoms with Gasteiger partial charge >= 0.3 is 0 Å². The maximum atomic E-state index is 12.1. The Bertz CT molecular complexity index is 659. The van der Waals surface area contributed by atoms with Crippen molar-refractivity contribution in [2.24, 2.45) is 5.73 Å². The van der Waals surface area contributed by atoms with Gasteiger partial charge in [0.15, 0.2) is 0 Å². The normalized spacial score (nSPS) is 11.6. The zero-order valence-electron chi connectivity index (χ0n) is 14.3. The van der Waals surface area contributed by atoms with E-state index in [2.05, 4.69) is 10.6 Å². The third-order valence-electron chi connectivity index (χ3n) is 3.96. The lowest BCUT2D eigenvalue weighted by Gasteiger charge is -2.17. The van der Waals surface area contributed by atoms with Crippen molar-refractivity contribution in [1.29, 1.82) is 0 Å². The van der Waals surface area contributed by atoms with Crippen molar-refractivity contribution in [2.75, 3.05) is 13.1 Å². The molecule has 0 heterocycles. The molecule has 0 unspecified atom stereocenters. The maximum absolute atomic E-state index is 12.1. The molecule has 132 valence electrons. The zero-order valence-corrected chi connectivity index (χ0v) is 14.3. The first-order chi connectivity index (χ1) is 12.2. The molecule has 0 fully saturated rings. The first-order valence-electron chi connectivity index (χ1n) is 8.60. The molecule has 0 saturated carbocycles. The average Bonchev–Trinajstić information content (AvgIpc) is 2.67. The second-order valence-corrected chi connectivity index (χ2v) is 5.89. The lowest BCUT2D eigenvalue weighted by atomic mass is 10.1. The number of nitrogens with two attached hydrogens (primary N) is 1. The van der Waals surface area contributed by atoms with Crippen LogP contribution in [-0.4, -0.2) is 30.9 Å². The summed E-state index contributed by atoms with van der Waals surface area (Å²) in [5.74, 6) is -0.165. The fourth-order valence-electron chi connectivity index (χ4n) is 2.52. The number of hydrogen-bond donors (Lipinski definition) is 3. The van der Waals surface area contributed by atoms with Gasteiger partial charge in [-0.05, 0) is 43.5 Å². The molecule has 2 aromatic rings. The van der Waals surface area contributed by atoms with E-state index in [1.807, 2.05) is 36.4 Å². The predicted octanol–water partition coefficient (Wildman–Crippen LogP) is 2.34. The minimum atomic E-state index is -0.103. The van der Waals surface area contributed by atoms with Crippen LogP contribution in [0.4, 0.5) is 0 Å². The molecule has 0 aromatic heterocycles. The fourth-order valence-corrected chi connectivity index (χ4v) is 2.52. The Morgan fingerprint density at radius 3 is 1.96 bits per heavy atom. The number of benzene rings is 2. The first kappa shape index (κ1) is 18.7. The van der Waals surface area contributed by atoms with Crippen molar-refractivity contribution < 1.29 is 9.59 Å². The van der Waals surface area contributed by atoms with Crippen LogP contribution in [0.15, 0.2) is 60.7 Å². The monoisotopic (exact) mass is 339 g/mol. The van der Waals surface area contributed by atoms with Crippen molar-refractivity contribution in [1.82, 2.24) is 10.6 Å². The van der Waals surface area contributed by atoms with Crippen LogP contribution in [0.3, 0.4) is 0 Å². The van der Waals surface area contributed by atoms with Crippen molar-refractivity contribution >= 4 is 11.8 Å². The van der Waals surface area contributed by atoms with Crippen LogP contribution >= 0.6 is 0 Å². The molecule has 5 heteroatoms. The van der Waals surface area contributed by atoms with E-state index in [1.54, 1.807) is 24.3 Å². The molecular formula is C20H25N3O2. The van der Waals surface area contributed by atoms with Crippen LogP contribution in [0.25, 0.3) is 0 Å². The van der Waals surface area contributed by atoms with Gasteiger partial charge in [0.25, 0.3) is 11.8 Å². The van der Waals surface area contributed by atoms with Crippen molar-refractivity contribution in [3.63, 3.8) is 0 Å². The van der Waals surface area contributed by atoms with E-state index < -0.39 is 0 Å². The van der Waals surface area contributed by atoms with Gasteiger partial charge in [-0.25, -0.2) is 0 Å². The van der Waals surface area contributed by atoms with Crippen LogP contribution in [0.2, 0.25) is 0 Å². The van der Waals surface area contributed by atoms with Crippen molar-refractivity contribution in [2.45, 2.75) is 25.3 Å². The van der Waals surface area contributed by atoms with E-state index >= 15 is 0 Å². The van der Waals surface area contributed by atoms with E-state index in [0.29, 0.717) is 24.2 Å². The molecule has 2 aromatic carbocycles. The zero-order chi connectivity index (χ0) is 17.9. The summed E-state index contributed by atoms with van der Waals surface area (Å²) in [6.45, 7) is 1.01. The molecule has 5 nitrogen and oxygen atoms in total. The number of rotatable bonds is 9. The van der Waals surface area contributed by atoms with Crippen molar-refractivity contribution in [3.8, 4) is 0 Å². The van der Waals surface area contributed by atoms with E-state index in [1.165, 1.54) is 0 Å². The summed E-state index contributed by atoms with van der Waals surface area (Å²) in [6.07, 6.45) is 2.51. The lowest BCUT2D eigenvalue weighted by Crippen LogP contribution is -2.40. The van der Waals surface area contributed by atoms with Gasteiger partial charge in [-0.3, -0.25) is 9.59 Å². The van der Waals surface area contributed by atoms with E-state index in [4.69, 9.17) is 5.73 Å². The molecule has 4 N–H and O–H groups in total. The van der Waals surface area contributed by atoms with Crippen LogP contribution in [0, 0.1) is 0 Å². The number of nitrogens with one attached hydrogen (secondary N) is 2. The molecule has 1 atom stereocenters. The third kappa shape index (κ3) is 6.39. The summed E-state index contributed by atoms with van der Waals surface area (Å²) in [4.78, 5) is 24.0. The molecular weight excluding hydrogens is 314 g/mol. The molecule has 0 spiro atoms. The van der Waals surface area contributed by atoms with Gasteiger partial charge in [0, 0.05) is 30.3 Å². The minimum Gasteiger partial charge on any atom is -0.352 e. The van der Waals surface area contributed by atoms with Crippen LogP contribution in [0.5, 0.6) is 0 Å². The number of amides is 2. The largest absolute Gasteiger partial charge is 0.352 e. The molecule has 25 heavy (non-hydrogen) atoms. The number of carbonyl (C=O) groups is 2. The number of unbranched alkanes of at least 4 members (excludes halogenated alkanes) is 1. The molecule has 0 aliphatic rings. The van der Waals surface area contributed by atoms with Gasteiger partial charge in [-0.1, -0.05) is 36.4 Å². The van der Waals surface area contributed by atoms with E-state index in [0.717, 1.165) is 19.3 Å². The Kier molecular flexibility index (Phi) is 7.66. The van der Waals surface area contributed by atoms with Gasteiger partial charge in [-0.15, -0.1) is 0 Å². The standard InChI is InChI=1S/C20H25N3O2/c21-15-18(23-20(25)17-11-5-2-6-12-17)13-7-8-14-22-19(24)16-9-3-1-4-10-16/h1-6,9-12,18H,7-8,13-15,21H2,(H,22,24)(H,23,25)/t18-/m0/s1. The first-order valence-corrected chi connectivity index (χ1v) is 8.60. The summed E-state index contributed by atoms with van der Waals surface area (Å²) in [5, 5.41) is 5.86. The second-order valence-electron chi connectivity index (χ2n) is 5.89. The summed E-state index contributed by atoms with van der Waals surface area (Å²) >= 11 is 0. The topological polar surface area (TPSA) is 84.2 Å². The van der Waals surface area contributed by atoms with Crippen molar-refractivity contribution in [3.05, 3.63) is 71.8 Å². The Morgan fingerprint density at radius 2 is 1.40 bits per heavy atom. The SMILES string of the molecule is NC[C@H](CCCCNC(=O)c1ccccc1)NC(=O)c1ccccc1. The molecule has 0 aliphatic carbocycles. The van der Waals surface area contributed by atoms with Crippen LogP contribution in [0.1, 0.15) is 40.0 Å². The summed E-state index contributed by atoms with van der Waals surface area (Å²) < 4.78 is 0. The molecule has 0 saturated heterocycles. The van der Waals surface area contributed by atoms with Gasteiger partial charge < -0.3 is 16.4 Å². The summed E-state index contributed by atoms with van der Waals surface area (Å²) in [6, 6.07) is 18.2. The number of carbonyl (C=O) groups excluding carboxylic acids is 2. The Hall–Kier alpha value is -2.66. The van der Waals surface area contributed by atoms with E-state index in [9.17, 15) is 9.59 Å². The smallest absolute Gasteiger partial charge is 0.251 e. The third-order valence-corrected chi connectivity index (χ3v) is 3.96. The van der Waals surface area contributed by atoms with Gasteiger partial charge in [0.1, 0.15) is 0 Å². The highest BCUT2D eigenvalue weighted by Crippen LogP contribution is 2.04. The maximum Gasteiger partial charge on any atom is 0.251 e. The predicted molar refractivity (Wildman–Crippen MR) is 99.4 cm³/mol. The highest BCUT2D eigenvalue weighted by Gasteiger charge is 2.12. The van der Waals surface area contributed by atoms with Crippen LogP contribution in [-0.2, 0) is 0 Å². The lowest BCUT2D eigenvalue weighted by molar-refractivity contribution is 0.0934. The van der Waals surface area contributed by atoms with Crippen LogP contribution < -0.4 is 16.4 Å². The molecule has 2 rings (SSSR count). The van der Waals surface area contributed by atoms with Gasteiger partial charge in [-0.2, -0.15) is 0 Å². The highest BCUT2D eigenvalue weighted by molar-refractivity contribution is 5.94. The summed E-state index contributed by atoms with van der Waals surface area (Å²) in [5.41, 5.74) is 7.05. The quantitative estimate of drug-likeness (QED) is 0.613. The minimum absolute atomic E-state index is 0.0578. The molecule has 2 amide bonds. The Morgan fingerprint density at radius 1 is 0.840 bits per heavy atom. The Labute approximate surface area is 148 Å². The molecule has 0 aliphatic heterocycles. The Balaban J connectivity index is 1.66. The second kappa shape index (κ2) is 10.3.